The summed E-state index contributed by atoms with van der Waals surface area (Å²) in [4.78, 5) is 21.4. The maximum atomic E-state index is 10.8. The Kier molecular flexibility index (Phi) is 3.64. The van der Waals surface area contributed by atoms with Gasteiger partial charge in [0, 0.05) is 6.92 Å². The third kappa shape index (κ3) is 3.18. The van der Waals surface area contributed by atoms with E-state index >= 15 is 0 Å². The molecule has 1 rings (SSSR count). The van der Waals surface area contributed by atoms with Crippen molar-refractivity contribution in [2.75, 3.05) is 0 Å². The molecule has 0 bridgehead atoms. The number of nitrogens with one attached hydrogen (secondary N) is 1. The van der Waals surface area contributed by atoms with Crippen LogP contribution in [-0.2, 0) is 9.59 Å². The van der Waals surface area contributed by atoms with E-state index in [2.05, 4.69) is 5.32 Å². The van der Waals surface area contributed by atoms with Crippen LogP contribution in [0.25, 0.3) is 0 Å². The van der Waals surface area contributed by atoms with Gasteiger partial charge in [-0.05, 0) is 22.4 Å². The quantitative estimate of drug-likeness (QED) is 0.794. The lowest BCUT2D eigenvalue weighted by Gasteiger charge is -2.13. The Bertz CT molecular complexity index is 305. The summed E-state index contributed by atoms with van der Waals surface area (Å²) in [7, 11) is 0. The molecule has 0 aliphatic rings. The Balaban J connectivity index is 2.71. The van der Waals surface area contributed by atoms with Crippen molar-refractivity contribution in [3.8, 4) is 0 Å². The van der Waals surface area contributed by atoms with Gasteiger partial charge >= 0.3 is 5.97 Å². The molecule has 1 atom stereocenters. The van der Waals surface area contributed by atoms with Crippen LogP contribution in [0.4, 0.5) is 0 Å². The number of aliphatic carboxylic acids is 1. The number of hydrogen-bond acceptors (Lipinski definition) is 3. The number of hydrogen-bond donors (Lipinski definition) is 2. The van der Waals surface area contributed by atoms with Crippen LogP contribution in [0.2, 0.25) is 0 Å². The fraction of sp³-hybridized carbons (Fsp3) is 0.333. The molecule has 2 N–H and O–H groups in total. The van der Waals surface area contributed by atoms with Crippen molar-refractivity contribution in [3.63, 3.8) is 0 Å². The van der Waals surface area contributed by atoms with Gasteiger partial charge in [0.05, 0.1) is 12.5 Å². The minimum Gasteiger partial charge on any atom is -0.481 e. The standard InChI is InChI=1S/C9H11NO3S/c1-6(11)10-8(4-9(12)13)7-2-3-14-5-7/h2-3,5,8H,4H2,1H3,(H,10,11)(H,12,13). The van der Waals surface area contributed by atoms with Crippen LogP contribution in [0.3, 0.4) is 0 Å². The van der Waals surface area contributed by atoms with Crippen LogP contribution in [0, 0.1) is 0 Å². The van der Waals surface area contributed by atoms with E-state index in [4.69, 9.17) is 5.11 Å². The monoisotopic (exact) mass is 213 g/mol. The second-order valence-corrected chi connectivity index (χ2v) is 3.69. The zero-order valence-corrected chi connectivity index (χ0v) is 8.50. The first-order chi connectivity index (χ1) is 6.59. The average molecular weight is 213 g/mol. The fourth-order valence-corrected chi connectivity index (χ4v) is 1.86. The number of carbonyl (C=O) groups excluding carboxylic acids is 1. The molecule has 1 heterocycles. The smallest absolute Gasteiger partial charge is 0.305 e. The maximum Gasteiger partial charge on any atom is 0.305 e. The van der Waals surface area contributed by atoms with Gasteiger partial charge in [0.15, 0.2) is 0 Å². The topological polar surface area (TPSA) is 66.4 Å². The molecule has 0 spiro atoms. The maximum absolute atomic E-state index is 10.8. The summed E-state index contributed by atoms with van der Waals surface area (Å²) in [5.74, 6) is -1.14. The van der Waals surface area contributed by atoms with Crippen LogP contribution in [-0.4, -0.2) is 17.0 Å². The van der Waals surface area contributed by atoms with Gasteiger partial charge in [-0.1, -0.05) is 0 Å². The molecular weight excluding hydrogens is 202 g/mol. The van der Waals surface area contributed by atoms with Crippen molar-refractivity contribution >= 4 is 23.2 Å². The zero-order chi connectivity index (χ0) is 10.6. The van der Waals surface area contributed by atoms with Crippen LogP contribution in [0.5, 0.6) is 0 Å². The van der Waals surface area contributed by atoms with E-state index in [0.29, 0.717) is 0 Å². The molecule has 0 aliphatic heterocycles. The van der Waals surface area contributed by atoms with E-state index in [0.717, 1.165) is 5.56 Å². The highest BCUT2D eigenvalue weighted by atomic mass is 32.1. The van der Waals surface area contributed by atoms with Crippen LogP contribution in [0.1, 0.15) is 24.9 Å². The van der Waals surface area contributed by atoms with Gasteiger partial charge in [-0.2, -0.15) is 11.3 Å². The molecule has 0 fully saturated rings. The van der Waals surface area contributed by atoms with Gasteiger partial charge in [0.1, 0.15) is 0 Å². The lowest BCUT2D eigenvalue weighted by Crippen LogP contribution is -2.27. The number of carboxylic acid groups (broad SMARTS) is 1. The van der Waals surface area contributed by atoms with E-state index in [1.807, 2.05) is 16.8 Å². The predicted molar refractivity (Wildman–Crippen MR) is 53.1 cm³/mol. The van der Waals surface area contributed by atoms with E-state index in [-0.39, 0.29) is 12.3 Å². The third-order valence-electron chi connectivity index (χ3n) is 1.70. The summed E-state index contributed by atoms with van der Waals surface area (Å²) in [5, 5.41) is 14.9. The molecule has 1 unspecified atom stereocenters. The summed E-state index contributed by atoms with van der Waals surface area (Å²) >= 11 is 1.48. The normalized spacial score (nSPS) is 12.1. The molecular formula is C9H11NO3S. The molecule has 5 heteroatoms. The Morgan fingerprint density at radius 3 is 2.79 bits per heavy atom. The van der Waals surface area contributed by atoms with E-state index in [9.17, 15) is 9.59 Å². The second kappa shape index (κ2) is 4.76. The molecule has 1 aromatic heterocycles. The number of carboxylic acids is 1. The Hall–Kier alpha value is -1.36. The van der Waals surface area contributed by atoms with Gasteiger partial charge in [-0.15, -0.1) is 0 Å². The minimum absolute atomic E-state index is 0.0870. The molecule has 0 radical (unpaired) electrons. The van der Waals surface area contributed by atoms with Gasteiger partial charge in [0.2, 0.25) is 5.91 Å². The average Bonchev–Trinajstić information content (AvgIpc) is 2.52. The highest BCUT2D eigenvalue weighted by Gasteiger charge is 2.16. The highest BCUT2D eigenvalue weighted by Crippen LogP contribution is 2.19. The molecule has 76 valence electrons. The summed E-state index contributed by atoms with van der Waals surface area (Å²) in [5.41, 5.74) is 0.840. The van der Waals surface area contributed by atoms with Crippen molar-refractivity contribution in [3.05, 3.63) is 22.4 Å². The largest absolute Gasteiger partial charge is 0.481 e. The van der Waals surface area contributed by atoms with Crippen LogP contribution < -0.4 is 5.32 Å². The summed E-state index contributed by atoms with van der Waals surface area (Å²) in [6.07, 6.45) is -0.0870. The van der Waals surface area contributed by atoms with Gasteiger partial charge in [-0.25, -0.2) is 0 Å². The lowest BCUT2D eigenvalue weighted by atomic mass is 10.1. The van der Waals surface area contributed by atoms with E-state index < -0.39 is 12.0 Å². The van der Waals surface area contributed by atoms with Crippen molar-refractivity contribution < 1.29 is 14.7 Å². The first-order valence-electron chi connectivity index (χ1n) is 4.10. The Morgan fingerprint density at radius 1 is 1.64 bits per heavy atom. The first-order valence-corrected chi connectivity index (χ1v) is 5.05. The van der Waals surface area contributed by atoms with Crippen molar-refractivity contribution in [1.29, 1.82) is 0 Å². The van der Waals surface area contributed by atoms with Gasteiger partial charge < -0.3 is 10.4 Å². The van der Waals surface area contributed by atoms with Crippen LogP contribution >= 0.6 is 11.3 Å². The molecule has 0 aromatic carbocycles. The zero-order valence-electron chi connectivity index (χ0n) is 7.69. The third-order valence-corrected chi connectivity index (χ3v) is 2.40. The van der Waals surface area contributed by atoms with Crippen molar-refractivity contribution in [2.45, 2.75) is 19.4 Å². The summed E-state index contributed by atoms with van der Waals surface area (Å²) in [6, 6.07) is 1.39. The number of rotatable bonds is 4. The van der Waals surface area contributed by atoms with E-state index in [1.165, 1.54) is 18.3 Å². The summed E-state index contributed by atoms with van der Waals surface area (Å²) < 4.78 is 0. The lowest BCUT2D eigenvalue weighted by molar-refractivity contribution is -0.137. The Labute approximate surface area is 85.6 Å². The van der Waals surface area contributed by atoms with Gasteiger partial charge in [0.25, 0.3) is 0 Å². The Morgan fingerprint density at radius 2 is 2.36 bits per heavy atom. The van der Waals surface area contributed by atoms with Gasteiger partial charge in [-0.3, -0.25) is 9.59 Å². The predicted octanol–water partition coefficient (Wildman–Crippen LogP) is 1.40. The highest BCUT2D eigenvalue weighted by molar-refractivity contribution is 7.07. The van der Waals surface area contributed by atoms with Crippen LogP contribution in [0.15, 0.2) is 16.8 Å². The molecule has 0 saturated carbocycles. The molecule has 0 saturated heterocycles. The number of carbonyl (C=O) groups is 2. The SMILES string of the molecule is CC(=O)NC(CC(=O)O)c1ccsc1. The summed E-state index contributed by atoms with van der Waals surface area (Å²) in [6.45, 7) is 1.38. The molecule has 14 heavy (non-hydrogen) atoms. The fourth-order valence-electron chi connectivity index (χ4n) is 1.15. The van der Waals surface area contributed by atoms with Crippen molar-refractivity contribution in [1.82, 2.24) is 5.32 Å². The molecule has 1 aromatic rings. The molecule has 4 nitrogen and oxygen atoms in total. The van der Waals surface area contributed by atoms with E-state index in [1.54, 1.807) is 0 Å². The first kappa shape index (κ1) is 10.7. The minimum atomic E-state index is -0.921. The molecule has 1 amide bonds. The number of amides is 1. The number of thiophene rings is 1. The second-order valence-electron chi connectivity index (χ2n) is 2.91. The van der Waals surface area contributed by atoms with Crippen molar-refractivity contribution in [2.24, 2.45) is 0 Å². The molecule has 0 aliphatic carbocycles.